The van der Waals surface area contributed by atoms with Crippen LogP contribution in [0.15, 0.2) is 42.6 Å². The van der Waals surface area contributed by atoms with Crippen molar-refractivity contribution in [2.24, 2.45) is 0 Å². The molecule has 3 aromatic rings. The summed E-state index contributed by atoms with van der Waals surface area (Å²) in [5.41, 5.74) is 3.55. The van der Waals surface area contributed by atoms with Crippen LogP contribution in [0.2, 0.25) is 0 Å². The third kappa shape index (κ3) is 4.19. The zero-order valence-corrected chi connectivity index (χ0v) is 14.0. The van der Waals surface area contributed by atoms with Gasteiger partial charge in [-0.3, -0.25) is 0 Å². The number of hydrogen-bond donors (Lipinski definition) is 1. The molecular weight excluding hydrogens is 256 g/mol. The number of imidazole rings is 1. The highest BCUT2D eigenvalue weighted by Gasteiger charge is 2.02. The van der Waals surface area contributed by atoms with E-state index in [-0.39, 0.29) is 0 Å². The van der Waals surface area contributed by atoms with E-state index in [1.165, 1.54) is 21.9 Å². The van der Waals surface area contributed by atoms with E-state index in [1.807, 2.05) is 40.8 Å². The van der Waals surface area contributed by atoms with Crippen LogP contribution in [-0.4, -0.2) is 9.97 Å². The van der Waals surface area contributed by atoms with Crippen molar-refractivity contribution in [2.75, 3.05) is 0 Å². The Bertz CT molecular complexity index is 681. The Hall–Kier alpha value is -2.09. The van der Waals surface area contributed by atoms with E-state index < -0.39 is 0 Å². The molecule has 0 aliphatic carbocycles. The van der Waals surface area contributed by atoms with Gasteiger partial charge in [0.1, 0.15) is 5.82 Å². The average Bonchev–Trinajstić information content (AvgIpc) is 2.97. The second-order valence-electron chi connectivity index (χ2n) is 4.45. The summed E-state index contributed by atoms with van der Waals surface area (Å²) < 4.78 is 0. The molecule has 2 nitrogen and oxygen atoms in total. The number of fused-ring (bicyclic) bond motifs is 1. The Morgan fingerprint density at radius 2 is 1.43 bits per heavy atom. The molecular formula is C19H26N2. The van der Waals surface area contributed by atoms with Crippen molar-refractivity contribution in [1.29, 1.82) is 0 Å². The number of rotatable bonds is 1. The van der Waals surface area contributed by atoms with Gasteiger partial charge in [-0.2, -0.15) is 0 Å². The largest absolute Gasteiger partial charge is 0.342 e. The summed E-state index contributed by atoms with van der Waals surface area (Å²) in [6, 6.07) is 13.0. The summed E-state index contributed by atoms with van der Waals surface area (Å²) in [6.45, 7) is 12.1. The Labute approximate surface area is 128 Å². The van der Waals surface area contributed by atoms with Crippen LogP contribution in [0.1, 0.15) is 39.1 Å². The lowest BCUT2D eigenvalue weighted by Gasteiger charge is -2.02. The van der Waals surface area contributed by atoms with Gasteiger partial charge in [-0.25, -0.2) is 4.98 Å². The van der Waals surface area contributed by atoms with Gasteiger partial charge >= 0.3 is 0 Å². The van der Waals surface area contributed by atoms with Crippen molar-refractivity contribution in [3.63, 3.8) is 0 Å². The second-order valence-corrected chi connectivity index (χ2v) is 4.45. The lowest BCUT2D eigenvalue weighted by Crippen LogP contribution is -1.80. The van der Waals surface area contributed by atoms with Crippen LogP contribution in [0.4, 0.5) is 0 Å². The molecule has 0 fully saturated rings. The zero-order chi connectivity index (χ0) is 15.8. The fourth-order valence-electron chi connectivity index (χ4n) is 2.10. The second kappa shape index (κ2) is 8.25. The molecule has 1 aromatic heterocycles. The Balaban J connectivity index is 0.000000510. The molecule has 0 saturated heterocycles. The molecule has 0 saturated carbocycles. The number of hydrogen-bond acceptors (Lipinski definition) is 1. The fourth-order valence-corrected chi connectivity index (χ4v) is 2.10. The third-order valence-electron chi connectivity index (χ3n) is 3.01. The van der Waals surface area contributed by atoms with E-state index in [9.17, 15) is 0 Å². The van der Waals surface area contributed by atoms with Gasteiger partial charge in [0.15, 0.2) is 0 Å². The Morgan fingerprint density at radius 3 is 2.05 bits per heavy atom. The third-order valence-corrected chi connectivity index (χ3v) is 3.01. The molecule has 0 amide bonds. The predicted octanol–water partition coefficient (Wildman–Crippen LogP) is 5.90. The van der Waals surface area contributed by atoms with Gasteiger partial charge in [-0.1, -0.05) is 63.6 Å². The maximum Gasteiger partial charge on any atom is 0.103 e. The molecule has 0 unspecified atom stereocenters. The van der Waals surface area contributed by atoms with Crippen molar-refractivity contribution < 1.29 is 0 Å². The van der Waals surface area contributed by atoms with E-state index in [0.29, 0.717) is 0 Å². The number of aryl methyl sites for hydroxylation is 2. The highest BCUT2D eigenvalue weighted by molar-refractivity contribution is 5.87. The van der Waals surface area contributed by atoms with Crippen LogP contribution >= 0.6 is 0 Å². The summed E-state index contributed by atoms with van der Waals surface area (Å²) >= 11 is 0. The topological polar surface area (TPSA) is 28.7 Å². The van der Waals surface area contributed by atoms with Crippen LogP contribution in [0.25, 0.3) is 22.0 Å². The number of aromatic nitrogens is 2. The van der Waals surface area contributed by atoms with Crippen LogP contribution in [0.5, 0.6) is 0 Å². The number of benzene rings is 2. The van der Waals surface area contributed by atoms with Gasteiger partial charge in [-0.15, -0.1) is 0 Å². The molecule has 1 N–H and O–H groups in total. The van der Waals surface area contributed by atoms with Crippen molar-refractivity contribution in [2.45, 2.75) is 41.5 Å². The molecule has 0 spiro atoms. The summed E-state index contributed by atoms with van der Waals surface area (Å²) in [5, 5.41) is 2.55. The molecule has 0 radical (unpaired) electrons. The highest BCUT2D eigenvalue weighted by Crippen LogP contribution is 2.23. The lowest BCUT2D eigenvalue weighted by molar-refractivity contribution is 1.15. The van der Waals surface area contributed by atoms with E-state index in [4.69, 9.17) is 0 Å². The first-order chi connectivity index (χ1) is 10.2. The van der Waals surface area contributed by atoms with Crippen molar-refractivity contribution >= 4 is 10.8 Å². The molecule has 112 valence electrons. The average molecular weight is 282 g/mol. The summed E-state index contributed by atoms with van der Waals surface area (Å²) in [4.78, 5) is 7.49. The fraction of sp³-hybridized carbons (Fsp3) is 0.316. The predicted molar refractivity (Wildman–Crippen MR) is 93.7 cm³/mol. The summed E-state index contributed by atoms with van der Waals surface area (Å²) in [7, 11) is 0. The molecule has 3 rings (SSSR count). The van der Waals surface area contributed by atoms with Gasteiger partial charge < -0.3 is 4.98 Å². The smallest absolute Gasteiger partial charge is 0.103 e. The van der Waals surface area contributed by atoms with Gasteiger partial charge in [0.05, 0.1) is 11.9 Å². The number of H-pyrrole nitrogens is 1. The van der Waals surface area contributed by atoms with E-state index >= 15 is 0 Å². The first-order valence-electron chi connectivity index (χ1n) is 7.75. The molecule has 0 aliphatic heterocycles. The number of aromatic amines is 1. The van der Waals surface area contributed by atoms with E-state index in [0.717, 1.165) is 11.5 Å². The first kappa shape index (κ1) is 17.0. The first-order valence-corrected chi connectivity index (χ1v) is 7.75. The van der Waals surface area contributed by atoms with Crippen molar-refractivity contribution in [3.8, 4) is 11.3 Å². The minimum atomic E-state index is 0.948. The standard InChI is InChI=1S/C15H14N2.2C2H6/c1-10-3-4-13-8-14(6-5-12(13)7-10)15-9-16-11(2)17-15;2*1-2/h3-9H,1-2H3,(H,16,17);2*1-2H3. The van der Waals surface area contributed by atoms with Gasteiger partial charge in [0, 0.05) is 5.56 Å². The van der Waals surface area contributed by atoms with Crippen LogP contribution in [0.3, 0.4) is 0 Å². The number of nitrogens with one attached hydrogen (secondary N) is 1. The van der Waals surface area contributed by atoms with Gasteiger partial charge in [-0.05, 0) is 30.7 Å². The molecule has 21 heavy (non-hydrogen) atoms. The van der Waals surface area contributed by atoms with Crippen LogP contribution in [0, 0.1) is 13.8 Å². The van der Waals surface area contributed by atoms with E-state index in [2.05, 4.69) is 53.3 Å². The molecule has 2 aromatic carbocycles. The van der Waals surface area contributed by atoms with Crippen molar-refractivity contribution in [3.05, 3.63) is 54.0 Å². The maximum absolute atomic E-state index is 4.23. The Kier molecular flexibility index (Phi) is 6.67. The summed E-state index contributed by atoms with van der Waals surface area (Å²) in [6.07, 6.45) is 1.88. The molecule has 0 bridgehead atoms. The minimum Gasteiger partial charge on any atom is -0.342 e. The highest BCUT2D eigenvalue weighted by atomic mass is 14.9. The summed E-state index contributed by atoms with van der Waals surface area (Å²) in [5.74, 6) is 0.948. The van der Waals surface area contributed by atoms with Crippen molar-refractivity contribution in [1.82, 2.24) is 9.97 Å². The molecule has 0 aliphatic rings. The quantitative estimate of drug-likeness (QED) is 0.591. The minimum absolute atomic E-state index is 0.948. The van der Waals surface area contributed by atoms with Gasteiger partial charge in [0.2, 0.25) is 0 Å². The monoisotopic (exact) mass is 282 g/mol. The van der Waals surface area contributed by atoms with Crippen LogP contribution < -0.4 is 0 Å². The maximum atomic E-state index is 4.23. The molecule has 0 atom stereocenters. The Morgan fingerprint density at radius 1 is 0.810 bits per heavy atom. The van der Waals surface area contributed by atoms with Gasteiger partial charge in [0.25, 0.3) is 0 Å². The van der Waals surface area contributed by atoms with Crippen LogP contribution in [-0.2, 0) is 0 Å². The molecule has 2 heteroatoms. The number of nitrogens with zero attached hydrogens (tertiary/aromatic N) is 1. The normalized spacial score (nSPS) is 9.43. The van der Waals surface area contributed by atoms with E-state index in [1.54, 1.807) is 0 Å². The SMILES string of the molecule is CC.CC.Cc1ccc2cc(-c3cnc(C)[nH]3)ccc2c1. The lowest BCUT2D eigenvalue weighted by atomic mass is 10.0. The molecule has 1 heterocycles. The zero-order valence-electron chi connectivity index (χ0n) is 14.0.